The first-order valence-electron chi connectivity index (χ1n) is 4.44. The zero-order chi connectivity index (χ0) is 12.5. The van der Waals surface area contributed by atoms with Gasteiger partial charge in [-0.15, -0.1) is 22.7 Å². The zero-order valence-electron chi connectivity index (χ0n) is 8.31. The summed E-state index contributed by atoms with van der Waals surface area (Å²) in [7, 11) is -3.42. The quantitative estimate of drug-likeness (QED) is 0.823. The van der Waals surface area contributed by atoms with Crippen LogP contribution in [0.5, 0.6) is 0 Å². The molecule has 0 fully saturated rings. The number of rotatable bonds is 4. The lowest BCUT2D eigenvalue weighted by Crippen LogP contribution is -2.22. The van der Waals surface area contributed by atoms with E-state index in [1.807, 2.05) is 11.4 Å². The van der Waals surface area contributed by atoms with Gasteiger partial charge in [0.15, 0.2) is 0 Å². The number of nitrogens with one attached hydrogen (secondary N) is 1. The molecule has 0 radical (unpaired) electrons. The predicted octanol–water partition coefficient (Wildman–Crippen LogP) is 3.81. The molecule has 0 unspecified atom stereocenters. The van der Waals surface area contributed by atoms with Crippen LogP contribution in [0.2, 0.25) is 0 Å². The number of hydrogen-bond acceptors (Lipinski definition) is 4. The number of halogens is 2. The van der Waals surface area contributed by atoms with Crippen LogP contribution in [0.4, 0.5) is 0 Å². The molecule has 2 aromatic heterocycles. The Hall–Kier alpha value is 0.270. The van der Waals surface area contributed by atoms with Gasteiger partial charge in [0.25, 0.3) is 10.0 Å². The maximum absolute atomic E-state index is 12.0. The molecule has 2 rings (SSSR count). The molecule has 0 aliphatic rings. The molecule has 2 heterocycles. The van der Waals surface area contributed by atoms with Crippen molar-refractivity contribution in [2.45, 2.75) is 10.8 Å². The molecule has 8 heteroatoms. The SMILES string of the molecule is O=S(=O)(NCc1cc(Br)cs1)c1sccc1Br. The number of sulfonamides is 1. The fraction of sp³-hybridized carbons (Fsp3) is 0.111. The van der Waals surface area contributed by atoms with Crippen molar-refractivity contribution >= 4 is 64.6 Å². The average molecular weight is 417 g/mol. The number of thiophene rings is 2. The third-order valence-electron chi connectivity index (χ3n) is 1.89. The molecule has 0 saturated heterocycles. The molecule has 0 aromatic carbocycles. The first-order valence-corrected chi connectivity index (χ1v) is 9.27. The molecule has 2 aromatic rings. The van der Waals surface area contributed by atoms with Crippen molar-refractivity contribution in [3.63, 3.8) is 0 Å². The van der Waals surface area contributed by atoms with E-state index in [1.165, 1.54) is 22.7 Å². The summed E-state index contributed by atoms with van der Waals surface area (Å²) in [4.78, 5) is 0.966. The Morgan fingerprint density at radius 1 is 1.29 bits per heavy atom. The minimum absolute atomic E-state index is 0.308. The predicted molar refractivity (Wildman–Crippen MR) is 78.1 cm³/mol. The average Bonchev–Trinajstić information content (AvgIpc) is 2.85. The van der Waals surface area contributed by atoms with Crippen molar-refractivity contribution in [3.05, 3.63) is 36.7 Å². The summed E-state index contributed by atoms with van der Waals surface area (Å²) < 4.78 is 28.4. The molecule has 3 nitrogen and oxygen atoms in total. The Bertz CT molecular complexity index is 618. The third kappa shape index (κ3) is 3.39. The highest BCUT2D eigenvalue weighted by atomic mass is 79.9. The molecule has 1 N–H and O–H groups in total. The standard InChI is InChI=1S/C9H7Br2NO2S3/c10-6-3-7(16-5-6)4-12-17(13,14)9-8(11)1-2-15-9/h1-3,5,12H,4H2. The van der Waals surface area contributed by atoms with E-state index in [2.05, 4.69) is 36.6 Å². The van der Waals surface area contributed by atoms with Gasteiger partial charge < -0.3 is 0 Å². The second-order valence-corrected chi connectivity index (χ2v) is 8.76. The third-order valence-corrected chi connectivity index (χ3v) is 7.66. The largest absolute Gasteiger partial charge is 0.251 e. The van der Waals surface area contributed by atoms with E-state index in [1.54, 1.807) is 11.4 Å². The minimum Gasteiger partial charge on any atom is -0.206 e. The minimum atomic E-state index is -3.42. The summed E-state index contributed by atoms with van der Waals surface area (Å²) in [6, 6.07) is 3.62. The lowest BCUT2D eigenvalue weighted by molar-refractivity contribution is 0.583. The normalized spacial score (nSPS) is 11.9. The van der Waals surface area contributed by atoms with Crippen molar-refractivity contribution in [3.8, 4) is 0 Å². The van der Waals surface area contributed by atoms with E-state index in [0.717, 1.165) is 9.35 Å². The molecule has 0 amide bonds. The van der Waals surface area contributed by atoms with Crippen molar-refractivity contribution in [2.75, 3.05) is 0 Å². The zero-order valence-corrected chi connectivity index (χ0v) is 13.9. The van der Waals surface area contributed by atoms with Crippen LogP contribution >= 0.6 is 54.5 Å². The summed E-state index contributed by atoms with van der Waals surface area (Å²) in [6.45, 7) is 0.308. The van der Waals surface area contributed by atoms with E-state index in [-0.39, 0.29) is 0 Å². The second kappa shape index (κ2) is 5.50. The molecular formula is C9H7Br2NO2S3. The van der Waals surface area contributed by atoms with Crippen molar-refractivity contribution in [2.24, 2.45) is 0 Å². The molecular weight excluding hydrogens is 410 g/mol. The fourth-order valence-electron chi connectivity index (χ4n) is 1.15. The first-order chi connectivity index (χ1) is 7.99. The Morgan fingerprint density at radius 3 is 2.59 bits per heavy atom. The van der Waals surface area contributed by atoms with Gasteiger partial charge in [0.2, 0.25) is 0 Å². The second-order valence-electron chi connectivity index (χ2n) is 3.11. The highest BCUT2D eigenvalue weighted by Crippen LogP contribution is 2.28. The van der Waals surface area contributed by atoms with Gasteiger partial charge in [0.1, 0.15) is 4.21 Å². The Balaban J connectivity index is 2.11. The molecule has 0 aliphatic carbocycles. The van der Waals surface area contributed by atoms with Crippen LogP contribution < -0.4 is 4.72 Å². The van der Waals surface area contributed by atoms with Crippen LogP contribution in [0.25, 0.3) is 0 Å². The lowest BCUT2D eigenvalue weighted by atomic mass is 10.5. The van der Waals surface area contributed by atoms with Crippen molar-refractivity contribution < 1.29 is 8.42 Å². The molecule has 17 heavy (non-hydrogen) atoms. The smallest absolute Gasteiger partial charge is 0.206 e. The van der Waals surface area contributed by atoms with Gasteiger partial charge in [-0.25, -0.2) is 13.1 Å². The van der Waals surface area contributed by atoms with E-state index in [0.29, 0.717) is 15.2 Å². The van der Waals surface area contributed by atoms with E-state index in [4.69, 9.17) is 0 Å². The van der Waals surface area contributed by atoms with Crippen LogP contribution in [-0.4, -0.2) is 8.42 Å². The summed E-state index contributed by atoms with van der Waals surface area (Å²) in [6.07, 6.45) is 0. The Morgan fingerprint density at radius 2 is 2.06 bits per heavy atom. The number of hydrogen-bond donors (Lipinski definition) is 1. The first kappa shape index (κ1) is 13.7. The van der Waals surface area contributed by atoms with Gasteiger partial charge >= 0.3 is 0 Å². The Kier molecular flexibility index (Phi) is 4.43. The lowest BCUT2D eigenvalue weighted by Gasteiger charge is -2.03. The van der Waals surface area contributed by atoms with E-state index < -0.39 is 10.0 Å². The van der Waals surface area contributed by atoms with Crippen LogP contribution in [0.3, 0.4) is 0 Å². The molecule has 92 valence electrons. The Labute approximate surface area is 124 Å². The van der Waals surface area contributed by atoms with Gasteiger partial charge in [-0.3, -0.25) is 0 Å². The van der Waals surface area contributed by atoms with Crippen LogP contribution in [-0.2, 0) is 16.6 Å². The molecule has 0 bridgehead atoms. The van der Waals surface area contributed by atoms with Crippen LogP contribution in [0.15, 0.2) is 36.0 Å². The van der Waals surface area contributed by atoms with Crippen LogP contribution in [0.1, 0.15) is 4.88 Å². The topological polar surface area (TPSA) is 46.2 Å². The van der Waals surface area contributed by atoms with Gasteiger partial charge in [-0.05, 0) is 49.4 Å². The van der Waals surface area contributed by atoms with Gasteiger partial charge in [-0.1, -0.05) is 0 Å². The fourth-order valence-corrected chi connectivity index (χ4v) is 6.02. The van der Waals surface area contributed by atoms with Crippen molar-refractivity contribution in [1.29, 1.82) is 0 Å². The molecule has 0 atom stereocenters. The summed E-state index contributed by atoms with van der Waals surface area (Å²) in [5, 5.41) is 3.66. The highest BCUT2D eigenvalue weighted by molar-refractivity contribution is 9.10. The van der Waals surface area contributed by atoms with E-state index >= 15 is 0 Å². The van der Waals surface area contributed by atoms with Gasteiger partial charge in [-0.2, -0.15) is 0 Å². The molecule has 0 spiro atoms. The van der Waals surface area contributed by atoms with Crippen molar-refractivity contribution in [1.82, 2.24) is 4.72 Å². The van der Waals surface area contributed by atoms with E-state index in [9.17, 15) is 8.42 Å². The van der Waals surface area contributed by atoms with Gasteiger partial charge in [0, 0.05) is 25.7 Å². The molecule has 0 aliphatic heterocycles. The van der Waals surface area contributed by atoms with Gasteiger partial charge in [0.05, 0.1) is 0 Å². The monoisotopic (exact) mass is 415 g/mol. The highest BCUT2D eigenvalue weighted by Gasteiger charge is 2.18. The maximum atomic E-state index is 12.0. The summed E-state index contributed by atoms with van der Waals surface area (Å²) in [5.74, 6) is 0. The maximum Gasteiger partial charge on any atom is 0.251 e. The summed E-state index contributed by atoms with van der Waals surface area (Å²) in [5.41, 5.74) is 0. The van der Waals surface area contributed by atoms with Crippen LogP contribution in [0, 0.1) is 0 Å². The molecule has 0 saturated carbocycles. The summed E-state index contributed by atoms with van der Waals surface area (Å²) >= 11 is 9.25.